The van der Waals surface area contributed by atoms with E-state index in [1.54, 1.807) is 53.3 Å². The lowest BCUT2D eigenvalue weighted by atomic mass is 10.1. The summed E-state index contributed by atoms with van der Waals surface area (Å²) in [7, 11) is -3.61. The van der Waals surface area contributed by atoms with Gasteiger partial charge in [-0.15, -0.1) is 0 Å². The molecule has 0 saturated carbocycles. The number of amides is 1. The number of nitrogens with one attached hydrogen (secondary N) is 1. The first kappa shape index (κ1) is 23.4. The van der Waals surface area contributed by atoms with Crippen LogP contribution in [0.4, 0.5) is 5.69 Å². The minimum absolute atomic E-state index is 0.0389. The summed E-state index contributed by atoms with van der Waals surface area (Å²) >= 11 is 6.13. The van der Waals surface area contributed by atoms with Gasteiger partial charge >= 0.3 is 0 Å². The molecule has 2 aromatic carbocycles. The molecule has 0 bridgehead atoms. The zero-order valence-corrected chi connectivity index (χ0v) is 19.5. The van der Waals surface area contributed by atoms with E-state index in [1.165, 1.54) is 12.3 Å². The quantitative estimate of drug-likeness (QED) is 0.370. The summed E-state index contributed by atoms with van der Waals surface area (Å²) in [4.78, 5) is 27.0. The first-order valence-corrected chi connectivity index (χ1v) is 12.3. The molecule has 0 radical (unpaired) electrons. The van der Waals surface area contributed by atoms with Gasteiger partial charge in [0.05, 0.1) is 23.4 Å². The maximum absolute atomic E-state index is 12.6. The Morgan fingerprint density at radius 3 is 2.68 bits per heavy atom. The number of hydrogen-bond donors (Lipinski definition) is 1. The number of carbonyl (C=O) groups is 2. The Balaban J connectivity index is 1.62. The van der Waals surface area contributed by atoms with Crippen molar-refractivity contribution in [3.63, 3.8) is 0 Å². The molecule has 11 heteroatoms. The number of halogens is 1. The van der Waals surface area contributed by atoms with Crippen LogP contribution in [0.25, 0.3) is 10.9 Å². The molecule has 0 atom stereocenters. The van der Waals surface area contributed by atoms with Crippen LogP contribution in [0.1, 0.15) is 11.1 Å². The van der Waals surface area contributed by atoms with Gasteiger partial charge in [0.15, 0.2) is 9.84 Å². The minimum atomic E-state index is -3.61. The highest BCUT2D eigenvalue weighted by Crippen LogP contribution is 2.28. The molecule has 2 aromatic heterocycles. The molecule has 0 aliphatic rings. The number of benzene rings is 2. The predicted molar refractivity (Wildman–Crippen MR) is 127 cm³/mol. The van der Waals surface area contributed by atoms with E-state index in [0.29, 0.717) is 40.2 Å². The van der Waals surface area contributed by atoms with Gasteiger partial charge in [-0.1, -0.05) is 35.9 Å². The van der Waals surface area contributed by atoms with Crippen molar-refractivity contribution in [2.75, 3.05) is 11.6 Å². The number of sulfone groups is 1. The molecule has 0 fully saturated rings. The average Bonchev–Trinajstić information content (AvgIpc) is 3.17. The van der Waals surface area contributed by atoms with Gasteiger partial charge in [0.25, 0.3) is 6.47 Å². The van der Waals surface area contributed by atoms with E-state index < -0.39 is 9.84 Å². The maximum Gasteiger partial charge on any atom is 0.299 e. The van der Waals surface area contributed by atoms with E-state index in [1.807, 2.05) is 0 Å². The third kappa shape index (κ3) is 5.41. The molecule has 174 valence electrons. The molecule has 0 aliphatic carbocycles. The second kappa shape index (κ2) is 9.62. The number of carbonyl (C=O) groups excluding carboxylic acids is 2. The van der Waals surface area contributed by atoms with Crippen LogP contribution < -0.4 is 10.1 Å². The van der Waals surface area contributed by atoms with Crippen molar-refractivity contribution in [2.45, 2.75) is 17.9 Å². The topological polar surface area (TPSA) is 120 Å². The fraction of sp³-hybridized carbons (Fsp3) is 0.130. The normalized spacial score (nSPS) is 11.4. The number of hydrogen-bond acceptors (Lipinski definition) is 7. The number of aromatic nitrogens is 3. The lowest BCUT2D eigenvalue weighted by Crippen LogP contribution is -2.15. The molecule has 1 amide bonds. The Hall–Kier alpha value is -3.76. The number of rotatable bonds is 8. The monoisotopic (exact) mass is 498 g/mol. The molecule has 4 rings (SSSR count). The number of pyridine rings is 1. The van der Waals surface area contributed by atoms with E-state index in [-0.39, 0.29) is 23.1 Å². The smallest absolute Gasteiger partial charge is 0.299 e. The van der Waals surface area contributed by atoms with Gasteiger partial charge in [-0.25, -0.2) is 13.4 Å². The lowest BCUT2D eigenvalue weighted by molar-refractivity contribution is -0.121. The van der Waals surface area contributed by atoms with E-state index in [0.717, 1.165) is 11.8 Å². The van der Waals surface area contributed by atoms with Gasteiger partial charge in [0, 0.05) is 40.8 Å². The van der Waals surface area contributed by atoms with E-state index in [9.17, 15) is 18.0 Å². The Bertz CT molecular complexity index is 1480. The fourth-order valence-electron chi connectivity index (χ4n) is 3.43. The van der Waals surface area contributed by atoms with Gasteiger partial charge in [-0.2, -0.15) is 5.10 Å². The van der Waals surface area contributed by atoms with Crippen molar-refractivity contribution >= 4 is 50.4 Å². The number of nitrogens with zero attached hydrogens (tertiary/aromatic N) is 3. The molecule has 0 spiro atoms. The third-order valence-corrected chi connectivity index (χ3v) is 6.44. The van der Waals surface area contributed by atoms with Gasteiger partial charge in [-0.3, -0.25) is 14.3 Å². The second-order valence-electron chi connectivity index (χ2n) is 7.54. The first-order valence-electron chi connectivity index (χ1n) is 10.0. The molecule has 1 N–H and O–H groups in total. The van der Waals surface area contributed by atoms with E-state index >= 15 is 0 Å². The standard InChI is InChI=1S/C23H19ClN4O5S/c1-34(31,32)21-10-17(26-22(30)8-16-4-2-3-5-19(16)24)9-20-18(21)13-28(27-20)12-15-6-7-23(25-11-15)33-14-29/h2-7,9-11,13-14H,8,12H2,1H3,(H,26,30). The van der Waals surface area contributed by atoms with Gasteiger partial charge in [0.2, 0.25) is 11.8 Å². The molecule has 0 saturated heterocycles. The van der Waals surface area contributed by atoms with Crippen LogP contribution >= 0.6 is 11.6 Å². The van der Waals surface area contributed by atoms with Crippen LogP contribution in [0.2, 0.25) is 5.02 Å². The summed E-state index contributed by atoms with van der Waals surface area (Å²) < 4.78 is 31.2. The van der Waals surface area contributed by atoms with Crippen molar-refractivity contribution in [2.24, 2.45) is 0 Å². The molecular formula is C23H19ClN4O5S. The number of anilines is 1. The SMILES string of the molecule is CS(=O)(=O)c1cc(NC(=O)Cc2ccccc2Cl)cc2nn(Cc3ccc(OC=O)nc3)cc12. The van der Waals surface area contributed by atoms with E-state index in [4.69, 9.17) is 11.6 Å². The summed E-state index contributed by atoms with van der Waals surface area (Å²) in [6, 6.07) is 13.3. The number of fused-ring (bicyclic) bond motifs is 1. The molecule has 34 heavy (non-hydrogen) atoms. The summed E-state index contributed by atoms with van der Waals surface area (Å²) in [5.74, 6) is -0.170. The van der Waals surface area contributed by atoms with Gasteiger partial charge in [-0.05, 0) is 29.3 Å². The molecule has 9 nitrogen and oxygen atoms in total. The molecule has 0 aliphatic heterocycles. The van der Waals surface area contributed by atoms with Crippen LogP contribution in [-0.2, 0) is 32.4 Å². The minimum Gasteiger partial charge on any atom is -0.410 e. The highest BCUT2D eigenvalue weighted by Gasteiger charge is 2.18. The van der Waals surface area contributed by atoms with Crippen molar-refractivity contribution < 1.29 is 22.7 Å². The second-order valence-corrected chi connectivity index (χ2v) is 9.93. The maximum atomic E-state index is 12.6. The average molecular weight is 499 g/mol. The summed E-state index contributed by atoms with van der Waals surface area (Å²) in [5, 5.41) is 8.11. The van der Waals surface area contributed by atoms with Gasteiger partial charge < -0.3 is 10.1 Å². The Kier molecular flexibility index (Phi) is 6.62. The molecular weight excluding hydrogens is 480 g/mol. The van der Waals surface area contributed by atoms with Crippen LogP contribution in [0.15, 0.2) is 65.8 Å². The molecule has 2 heterocycles. The van der Waals surface area contributed by atoms with Crippen LogP contribution in [0.5, 0.6) is 5.88 Å². The number of ether oxygens (including phenoxy) is 1. The lowest BCUT2D eigenvalue weighted by Gasteiger charge is -2.09. The van der Waals surface area contributed by atoms with Crippen LogP contribution in [0, 0.1) is 0 Å². The van der Waals surface area contributed by atoms with E-state index in [2.05, 4.69) is 20.1 Å². The first-order chi connectivity index (χ1) is 16.2. The summed E-state index contributed by atoms with van der Waals surface area (Å²) in [5.41, 5.74) is 2.14. The summed E-state index contributed by atoms with van der Waals surface area (Å²) in [6.07, 6.45) is 4.29. The zero-order valence-electron chi connectivity index (χ0n) is 17.9. The van der Waals surface area contributed by atoms with Gasteiger partial charge in [0.1, 0.15) is 0 Å². The third-order valence-electron chi connectivity index (χ3n) is 4.94. The highest BCUT2D eigenvalue weighted by atomic mass is 35.5. The van der Waals surface area contributed by atoms with Crippen LogP contribution in [-0.4, -0.2) is 41.8 Å². The van der Waals surface area contributed by atoms with Crippen molar-refractivity contribution in [1.29, 1.82) is 0 Å². The Morgan fingerprint density at radius 2 is 2.00 bits per heavy atom. The molecule has 4 aromatic rings. The van der Waals surface area contributed by atoms with Crippen LogP contribution in [0.3, 0.4) is 0 Å². The van der Waals surface area contributed by atoms with Crippen molar-refractivity contribution in [3.8, 4) is 5.88 Å². The largest absolute Gasteiger partial charge is 0.410 e. The summed E-state index contributed by atoms with van der Waals surface area (Å²) in [6.45, 7) is 0.597. The Labute approximate surface area is 200 Å². The predicted octanol–water partition coefficient (Wildman–Crippen LogP) is 3.25. The Morgan fingerprint density at radius 1 is 1.21 bits per heavy atom. The highest BCUT2D eigenvalue weighted by molar-refractivity contribution is 7.91. The van der Waals surface area contributed by atoms with Crippen molar-refractivity contribution in [3.05, 3.63) is 77.1 Å². The molecule has 0 unspecified atom stereocenters. The fourth-order valence-corrected chi connectivity index (χ4v) is 4.53. The zero-order chi connectivity index (χ0) is 24.3. The van der Waals surface area contributed by atoms with Crippen molar-refractivity contribution in [1.82, 2.24) is 14.8 Å².